The summed E-state index contributed by atoms with van der Waals surface area (Å²) >= 11 is 5.99. The Hall–Kier alpha value is -1.26. The summed E-state index contributed by atoms with van der Waals surface area (Å²) in [5.41, 5.74) is 0.555. The van der Waals surface area contributed by atoms with E-state index >= 15 is 0 Å². The molecule has 1 aromatic carbocycles. The van der Waals surface area contributed by atoms with Crippen LogP contribution in [0.25, 0.3) is 0 Å². The number of ether oxygens (including phenoxy) is 1. The van der Waals surface area contributed by atoms with Crippen LogP contribution in [0.5, 0.6) is 5.75 Å². The van der Waals surface area contributed by atoms with Crippen molar-refractivity contribution in [3.8, 4) is 5.75 Å². The van der Waals surface area contributed by atoms with Crippen LogP contribution in [0.2, 0.25) is 5.02 Å². The summed E-state index contributed by atoms with van der Waals surface area (Å²) in [5.74, 6) is 0.606. The molecule has 0 atom stereocenters. The Bertz CT molecular complexity index is 457. The van der Waals surface area contributed by atoms with Gasteiger partial charge in [0.2, 0.25) is 0 Å². The Morgan fingerprint density at radius 2 is 2.00 bits per heavy atom. The molecule has 1 saturated heterocycles. The fraction of sp³-hybridized carbons (Fsp3) is 0.500. The number of rotatable bonds is 3. The van der Waals surface area contributed by atoms with Gasteiger partial charge >= 0.3 is 0 Å². The molecule has 5 heteroatoms. The highest BCUT2D eigenvalue weighted by atomic mass is 35.5. The number of carbonyl (C=O) groups excluding carboxylic acids is 1. The largest absolute Gasteiger partial charge is 0.493 e. The number of halogens is 1. The van der Waals surface area contributed by atoms with E-state index in [0.29, 0.717) is 22.9 Å². The molecule has 0 saturated carbocycles. The van der Waals surface area contributed by atoms with Gasteiger partial charge in [0.1, 0.15) is 5.75 Å². The van der Waals surface area contributed by atoms with E-state index in [1.54, 1.807) is 18.2 Å². The second-order valence-corrected chi connectivity index (χ2v) is 5.11. The minimum atomic E-state index is -0.000880. The van der Waals surface area contributed by atoms with E-state index in [0.717, 1.165) is 26.2 Å². The van der Waals surface area contributed by atoms with Crippen LogP contribution in [0.1, 0.15) is 17.3 Å². The van der Waals surface area contributed by atoms with Crippen molar-refractivity contribution < 1.29 is 9.53 Å². The zero-order chi connectivity index (χ0) is 13.8. The summed E-state index contributed by atoms with van der Waals surface area (Å²) < 4.78 is 5.51. The smallest absolute Gasteiger partial charge is 0.257 e. The fourth-order valence-corrected chi connectivity index (χ4v) is 2.30. The third kappa shape index (κ3) is 3.39. The molecule has 0 spiro atoms. The lowest BCUT2D eigenvalue weighted by molar-refractivity contribution is 0.0660. The SMILES string of the molecule is CCOc1ccc(Cl)cc1C(=O)N1CCN(C)CC1. The lowest BCUT2D eigenvalue weighted by Crippen LogP contribution is -2.47. The molecule has 1 heterocycles. The van der Waals surface area contributed by atoms with Gasteiger partial charge in [0, 0.05) is 31.2 Å². The molecule has 1 amide bonds. The van der Waals surface area contributed by atoms with E-state index in [1.807, 2.05) is 11.8 Å². The minimum Gasteiger partial charge on any atom is -0.493 e. The molecule has 1 aliphatic rings. The lowest BCUT2D eigenvalue weighted by atomic mass is 10.1. The topological polar surface area (TPSA) is 32.8 Å². The van der Waals surface area contributed by atoms with E-state index in [4.69, 9.17) is 16.3 Å². The molecule has 19 heavy (non-hydrogen) atoms. The first kappa shape index (κ1) is 14.2. The summed E-state index contributed by atoms with van der Waals surface area (Å²) in [4.78, 5) is 16.6. The van der Waals surface area contributed by atoms with E-state index in [9.17, 15) is 4.79 Å². The fourth-order valence-electron chi connectivity index (χ4n) is 2.13. The second kappa shape index (κ2) is 6.26. The average Bonchev–Trinajstić information content (AvgIpc) is 2.41. The average molecular weight is 283 g/mol. The number of likely N-dealkylation sites (N-methyl/N-ethyl adjacent to an activating group) is 1. The lowest BCUT2D eigenvalue weighted by Gasteiger charge is -2.32. The summed E-state index contributed by atoms with van der Waals surface area (Å²) in [5, 5.41) is 0.556. The molecule has 0 aromatic heterocycles. The first-order valence-electron chi connectivity index (χ1n) is 6.52. The van der Waals surface area contributed by atoms with Crippen molar-refractivity contribution >= 4 is 17.5 Å². The number of benzene rings is 1. The maximum atomic E-state index is 12.5. The van der Waals surface area contributed by atoms with Crippen LogP contribution in [0.4, 0.5) is 0 Å². The van der Waals surface area contributed by atoms with Crippen LogP contribution in [-0.4, -0.2) is 55.5 Å². The Morgan fingerprint density at radius 3 is 2.63 bits per heavy atom. The predicted octanol–water partition coefficient (Wildman–Crippen LogP) is 2.13. The van der Waals surface area contributed by atoms with Crippen molar-refractivity contribution in [2.75, 3.05) is 39.8 Å². The molecule has 0 N–H and O–H groups in total. The number of amides is 1. The van der Waals surface area contributed by atoms with Crippen LogP contribution in [0, 0.1) is 0 Å². The molecule has 2 rings (SSSR count). The highest BCUT2D eigenvalue weighted by Crippen LogP contribution is 2.24. The number of hydrogen-bond acceptors (Lipinski definition) is 3. The molecule has 0 unspecified atom stereocenters. The Labute approximate surface area is 118 Å². The maximum absolute atomic E-state index is 12.5. The van der Waals surface area contributed by atoms with Gasteiger partial charge in [-0.2, -0.15) is 0 Å². The molecule has 104 valence electrons. The van der Waals surface area contributed by atoms with Crippen LogP contribution >= 0.6 is 11.6 Å². The monoisotopic (exact) mass is 282 g/mol. The molecule has 4 nitrogen and oxygen atoms in total. The third-order valence-corrected chi connectivity index (χ3v) is 3.50. The van der Waals surface area contributed by atoms with Crippen LogP contribution in [-0.2, 0) is 0 Å². The molecule has 1 fully saturated rings. The second-order valence-electron chi connectivity index (χ2n) is 4.67. The highest BCUT2D eigenvalue weighted by molar-refractivity contribution is 6.31. The Morgan fingerprint density at radius 1 is 1.32 bits per heavy atom. The van der Waals surface area contributed by atoms with Crippen molar-refractivity contribution in [1.29, 1.82) is 0 Å². The van der Waals surface area contributed by atoms with Gasteiger partial charge in [-0.3, -0.25) is 4.79 Å². The van der Waals surface area contributed by atoms with Crippen LogP contribution < -0.4 is 4.74 Å². The number of nitrogens with zero attached hydrogens (tertiary/aromatic N) is 2. The van der Waals surface area contributed by atoms with Gasteiger partial charge in [0.05, 0.1) is 12.2 Å². The van der Waals surface area contributed by atoms with E-state index in [-0.39, 0.29) is 5.91 Å². The standard InChI is InChI=1S/C14H19ClN2O2/c1-3-19-13-5-4-11(15)10-12(13)14(18)17-8-6-16(2)7-9-17/h4-5,10H,3,6-9H2,1-2H3. The van der Waals surface area contributed by atoms with Gasteiger partial charge in [0.25, 0.3) is 5.91 Å². The van der Waals surface area contributed by atoms with Crippen molar-refractivity contribution in [2.45, 2.75) is 6.92 Å². The third-order valence-electron chi connectivity index (χ3n) is 3.26. The molecule has 0 radical (unpaired) electrons. The summed E-state index contributed by atoms with van der Waals surface area (Å²) in [7, 11) is 2.06. The van der Waals surface area contributed by atoms with Crippen LogP contribution in [0.3, 0.4) is 0 Å². The number of carbonyl (C=O) groups is 1. The van der Waals surface area contributed by atoms with Crippen molar-refractivity contribution in [3.63, 3.8) is 0 Å². The zero-order valence-electron chi connectivity index (χ0n) is 11.4. The van der Waals surface area contributed by atoms with E-state index in [2.05, 4.69) is 11.9 Å². The van der Waals surface area contributed by atoms with E-state index in [1.165, 1.54) is 0 Å². The highest BCUT2D eigenvalue weighted by Gasteiger charge is 2.23. The zero-order valence-corrected chi connectivity index (χ0v) is 12.1. The van der Waals surface area contributed by atoms with E-state index < -0.39 is 0 Å². The van der Waals surface area contributed by atoms with Gasteiger partial charge in [-0.25, -0.2) is 0 Å². The number of piperazine rings is 1. The van der Waals surface area contributed by atoms with Gasteiger partial charge < -0.3 is 14.5 Å². The van der Waals surface area contributed by atoms with Gasteiger partial charge in [-0.1, -0.05) is 11.6 Å². The summed E-state index contributed by atoms with van der Waals surface area (Å²) in [6.45, 7) is 5.72. The minimum absolute atomic E-state index is 0.000880. The first-order valence-corrected chi connectivity index (χ1v) is 6.89. The van der Waals surface area contributed by atoms with Crippen molar-refractivity contribution in [2.24, 2.45) is 0 Å². The molecular weight excluding hydrogens is 264 g/mol. The molecule has 1 aromatic rings. The van der Waals surface area contributed by atoms with Crippen molar-refractivity contribution in [3.05, 3.63) is 28.8 Å². The van der Waals surface area contributed by atoms with Crippen LogP contribution in [0.15, 0.2) is 18.2 Å². The number of hydrogen-bond donors (Lipinski definition) is 0. The first-order chi connectivity index (χ1) is 9.11. The van der Waals surface area contributed by atoms with Gasteiger partial charge in [-0.05, 0) is 32.2 Å². The molecule has 1 aliphatic heterocycles. The molecule has 0 bridgehead atoms. The Kier molecular flexibility index (Phi) is 4.66. The van der Waals surface area contributed by atoms with Gasteiger partial charge in [-0.15, -0.1) is 0 Å². The molecule has 0 aliphatic carbocycles. The maximum Gasteiger partial charge on any atom is 0.257 e. The summed E-state index contributed by atoms with van der Waals surface area (Å²) in [6, 6.07) is 5.19. The van der Waals surface area contributed by atoms with Gasteiger partial charge in [0.15, 0.2) is 0 Å². The summed E-state index contributed by atoms with van der Waals surface area (Å²) in [6.07, 6.45) is 0. The Balaban J connectivity index is 2.20. The normalized spacial score (nSPS) is 16.5. The van der Waals surface area contributed by atoms with Crippen molar-refractivity contribution in [1.82, 2.24) is 9.80 Å². The predicted molar refractivity (Wildman–Crippen MR) is 76.0 cm³/mol. The molecular formula is C14H19ClN2O2. The quantitative estimate of drug-likeness (QED) is 0.851.